The Bertz CT molecular complexity index is 704. The van der Waals surface area contributed by atoms with Crippen molar-refractivity contribution in [1.82, 2.24) is 9.88 Å². The Morgan fingerprint density at radius 3 is 2.80 bits per heavy atom. The van der Waals surface area contributed by atoms with E-state index in [1.165, 1.54) is 17.5 Å². The van der Waals surface area contributed by atoms with E-state index in [-0.39, 0.29) is 6.09 Å². The van der Waals surface area contributed by atoms with Crippen molar-refractivity contribution in [3.05, 3.63) is 29.0 Å². The highest BCUT2D eigenvalue weighted by Crippen LogP contribution is 2.33. The summed E-state index contributed by atoms with van der Waals surface area (Å²) in [6.45, 7) is 9.01. The molecule has 1 atom stereocenters. The summed E-state index contributed by atoms with van der Waals surface area (Å²) in [5.74, 6) is 1.42. The summed E-state index contributed by atoms with van der Waals surface area (Å²) in [4.78, 5) is 18.7. The fraction of sp³-hybridized carbons (Fsp3) is 0.600. The Morgan fingerprint density at radius 1 is 1.36 bits per heavy atom. The topological polar surface area (TPSA) is 51.7 Å². The van der Waals surface area contributed by atoms with E-state index in [4.69, 9.17) is 14.5 Å². The van der Waals surface area contributed by atoms with Gasteiger partial charge in [-0.3, -0.25) is 0 Å². The Labute approximate surface area is 150 Å². The second kappa shape index (κ2) is 6.70. The minimum Gasteiger partial charge on any atom is -0.481 e. The number of ether oxygens (including phenoxy) is 2. The second-order valence-electron chi connectivity index (χ2n) is 8.09. The summed E-state index contributed by atoms with van der Waals surface area (Å²) in [7, 11) is 1.68. The number of amides is 1. The fourth-order valence-electron chi connectivity index (χ4n) is 3.46. The lowest BCUT2D eigenvalue weighted by Crippen LogP contribution is -2.35. The maximum absolute atomic E-state index is 12.3. The Morgan fingerprint density at radius 2 is 2.12 bits per heavy atom. The Balaban J connectivity index is 1.79. The quantitative estimate of drug-likeness (QED) is 0.818. The molecule has 5 nitrogen and oxygen atoms in total. The first-order chi connectivity index (χ1) is 11.8. The van der Waals surface area contributed by atoms with Crippen LogP contribution in [0.1, 0.15) is 50.9 Å². The first-order valence-corrected chi connectivity index (χ1v) is 9.01. The molecule has 25 heavy (non-hydrogen) atoms. The van der Waals surface area contributed by atoms with Gasteiger partial charge in [0.05, 0.1) is 19.3 Å². The van der Waals surface area contributed by atoms with Gasteiger partial charge in [-0.05, 0) is 63.2 Å². The molecule has 1 unspecified atom stereocenters. The molecule has 0 fully saturated rings. The molecule has 136 valence electrons. The minimum atomic E-state index is -0.483. The van der Waals surface area contributed by atoms with Gasteiger partial charge in [0.15, 0.2) is 0 Å². The zero-order valence-electron chi connectivity index (χ0n) is 15.9. The molecule has 2 aliphatic rings. The van der Waals surface area contributed by atoms with Crippen LogP contribution in [0.5, 0.6) is 5.88 Å². The van der Waals surface area contributed by atoms with Gasteiger partial charge in [-0.15, -0.1) is 0 Å². The highest BCUT2D eigenvalue weighted by molar-refractivity contribution is 5.77. The summed E-state index contributed by atoms with van der Waals surface area (Å²) < 4.78 is 11.0. The van der Waals surface area contributed by atoms with Gasteiger partial charge in [0.1, 0.15) is 5.60 Å². The number of hydrogen-bond acceptors (Lipinski definition) is 4. The van der Waals surface area contributed by atoms with E-state index in [0.717, 1.165) is 30.0 Å². The molecule has 3 rings (SSSR count). The molecule has 0 N–H and O–H groups in total. The number of aromatic nitrogens is 1. The first kappa shape index (κ1) is 17.8. The molecule has 0 aromatic carbocycles. The number of carbonyl (C=O) groups excluding carboxylic acids is 1. The molecule has 1 aliphatic carbocycles. The van der Waals surface area contributed by atoms with Gasteiger partial charge in [-0.1, -0.05) is 13.0 Å². The molecule has 0 bridgehead atoms. The van der Waals surface area contributed by atoms with Gasteiger partial charge in [0, 0.05) is 12.1 Å². The number of carbonyl (C=O) groups is 1. The number of nitrogens with zero attached hydrogens (tertiary/aromatic N) is 2. The number of pyridine rings is 1. The highest BCUT2D eigenvalue weighted by Gasteiger charge is 2.28. The van der Waals surface area contributed by atoms with Gasteiger partial charge < -0.3 is 14.4 Å². The van der Waals surface area contributed by atoms with Crippen molar-refractivity contribution in [3.8, 4) is 5.88 Å². The van der Waals surface area contributed by atoms with Gasteiger partial charge in [-0.25, -0.2) is 9.78 Å². The normalized spacial score (nSPS) is 20.1. The molecule has 1 amide bonds. The molecule has 0 saturated carbocycles. The van der Waals surface area contributed by atoms with Crippen LogP contribution in [0.25, 0.3) is 5.57 Å². The molecule has 1 aromatic heterocycles. The summed E-state index contributed by atoms with van der Waals surface area (Å²) in [5.41, 5.74) is 4.06. The van der Waals surface area contributed by atoms with Crippen molar-refractivity contribution in [3.63, 3.8) is 0 Å². The van der Waals surface area contributed by atoms with E-state index < -0.39 is 5.60 Å². The lowest BCUT2D eigenvalue weighted by molar-refractivity contribution is 0.0306. The van der Waals surface area contributed by atoms with Crippen molar-refractivity contribution in [2.75, 3.05) is 20.2 Å². The third kappa shape index (κ3) is 3.97. The summed E-state index contributed by atoms with van der Waals surface area (Å²) in [6.07, 6.45) is 5.04. The zero-order valence-corrected chi connectivity index (χ0v) is 15.9. The van der Waals surface area contributed by atoms with E-state index in [0.29, 0.717) is 19.0 Å². The first-order valence-electron chi connectivity index (χ1n) is 9.01. The highest BCUT2D eigenvalue weighted by atomic mass is 16.6. The van der Waals surface area contributed by atoms with E-state index in [2.05, 4.69) is 19.1 Å². The molecule has 0 radical (unpaired) electrons. The molecule has 1 aliphatic heterocycles. The van der Waals surface area contributed by atoms with Crippen molar-refractivity contribution < 1.29 is 14.3 Å². The van der Waals surface area contributed by atoms with Crippen LogP contribution in [0.2, 0.25) is 0 Å². The average Bonchev–Trinajstić information content (AvgIpc) is 3.02. The molecule has 0 saturated heterocycles. The maximum atomic E-state index is 12.3. The maximum Gasteiger partial charge on any atom is 0.410 e. The third-order valence-corrected chi connectivity index (χ3v) is 4.73. The van der Waals surface area contributed by atoms with Crippen LogP contribution in [0.3, 0.4) is 0 Å². The second-order valence-corrected chi connectivity index (χ2v) is 8.09. The molecular weight excluding hydrogens is 316 g/mol. The van der Waals surface area contributed by atoms with Crippen LogP contribution in [-0.2, 0) is 17.6 Å². The number of hydrogen-bond donors (Lipinski definition) is 0. The van der Waals surface area contributed by atoms with Crippen LogP contribution in [0.4, 0.5) is 4.79 Å². The molecule has 2 heterocycles. The molecular formula is C20H28N2O3. The Hall–Kier alpha value is -2.04. The average molecular weight is 344 g/mol. The zero-order chi connectivity index (χ0) is 18.2. The van der Waals surface area contributed by atoms with Gasteiger partial charge in [0.25, 0.3) is 0 Å². The van der Waals surface area contributed by atoms with Crippen LogP contribution < -0.4 is 4.74 Å². The predicted molar refractivity (Wildman–Crippen MR) is 97.8 cm³/mol. The van der Waals surface area contributed by atoms with Crippen LogP contribution in [0.15, 0.2) is 12.1 Å². The largest absolute Gasteiger partial charge is 0.481 e. The van der Waals surface area contributed by atoms with Gasteiger partial charge in [0.2, 0.25) is 5.88 Å². The predicted octanol–water partition coefficient (Wildman–Crippen LogP) is 3.85. The van der Waals surface area contributed by atoms with E-state index in [1.807, 2.05) is 20.8 Å². The monoisotopic (exact) mass is 344 g/mol. The third-order valence-electron chi connectivity index (χ3n) is 4.73. The Kier molecular flexibility index (Phi) is 4.76. The van der Waals surface area contributed by atoms with Crippen molar-refractivity contribution in [2.45, 2.75) is 52.6 Å². The summed E-state index contributed by atoms with van der Waals surface area (Å²) in [5, 5.41) is 0. The minimum absolute atomic E-state index is 0.280. The van der Waals surface area contributed by atoms with Crippen molar-refractivity contribution in [1.29, 1.82) is 0 Å². The number of fused-ring (bicyclic) bond motifs is 1. The smallest absolute Gasteiger partial charge is 0.410 e. The standard InChI is InChI=1S/C20H28N2O3/c1-13-6-7-16-15(10-13)11-17(21-18(16)24-5)14-8-9-22(12-14)19(23)25-20(2,3)4/h8,11,13H,6-7,9-10,12H2,1-5H3. The van der Waals surface area contributed by atoms with E-state index in [1.54, 1.807) is 12.0 Å². The van der Waals surface area contributed by atoms with Gasteiger partial charge in [-0.2, -0.15) is 0 Å². The molecule has 1 aromatic rings. The SMILES string of the molecule is COc1nc(C2=CCN(C(=O)OC(C)(C)C)C2)cc2c1CCC(C)C2. The lowest BCUT2D eigenvalue weighted by atomic mass is 9.85. The van der Waals surface area contributed by atoms with Gasteiger partial charge >= 0.3 is 6.09 Å². The van der Waals surface area contributed by atoms with E-state index >= 15 is 0 Å². The molecule has 5 heteroatoms. The number of methoxy groups -OCH3 is 1. The van der Waals surface area contributed by atoms with Crippen LogP contribution in [0, 0.1) is 5.92 Å². The summed E-state index contributed by atoms with van der Waals surface area (Å²) >= 11 is 0. The lowest BCUT2D eigenvalue weighted by Gasteiger charge is -2.25. The van der Waals surface area contributed by atoms with Crippen molar-refractivity contribution in [2.24, 2.45) is 5.92 Å². The molecule has 0 spiro atoms. The van der Waals surface area contributed by atoms with Crippen molar-refractivity contribution >= 4 is 11.7 Å². The van der Waals surface area contributed by atoms with Crippen LogP contribution in [-0.4, -0.2) is 41.8 Å². The van der Waals surface area contributed by atoms with E-state index in [9.17, 15) is 4.79 Å². The fourth-order valence-corrected chi connectivity index (χ4v) is 3.46. The van der Waals surface area contributed by atoms with Crippen LogP contribution >= 0.6 is 0 Å². The summed E-state index contributed by atoms with van der Waals surface area (Å²) in [6, 6.07) is 2.18. The number of rotatable bonds is 2.